The molecule has 1 aromatic carbocycles. The van der Waals surface area contributed by atoms with E-state index in [4.69, 9.17) is 4.98 Å². The molecule has 94 valence electrons. The zero-order valence-corrected chi connectivity index (χ0v) is 10.4. The Kier molecular flexibility index (Phi) is 1.65. The lowest BCUT2D eigenvalue weighted by atomic mass is 10.2. The first-order chi connectivity index (χ1) is 9.93. The minimum absolute atomic E-state index is 0.856. The zero-order chi connectivity index (χ0) is 13.1. The molecule has 0 atom stereocenters. The number of fused-ring (bicyclic) bond motifs is 8. The number of para-hydroxylation sites is 1. The van der Waals surface area contributed by atoms with Gasteiger partial charge in [0, 0.05) is 24.0 Å². The van der Waals surface area contributed by atoms with Crippen molar-refractivity contribution in [2.24, 2.45) is 0 Å². The summed E-state index contributed by atoms with van der Waals surface area (Å²) >= 11 is 0. The predicted octanol–water partition coefficient (Wildman–Crippen LogP) is 2.68. The molecule has 0 spiro atoms. The Hall–Kier alpha value is -2.95. The monoisotopic (exact) mass is 259 g/mol. The third-order valence-corrected chi connectivity index (χ3v) is 3.68. The number of pyridine rings is 1. The SMILES string of the molecule is c1ccc2c(c1)c1nc3ccncc3n1c1nccn21. The lowest BCUT2D eigenvalue weighted by Gasteiger charge is -2.05. The van der Waals surface area contributed by atoms with Gasteiger partial charge in [-0.2, -0.15) is 0 Å². The van der Waals surface area contributed by atoms with Crippen molar-refractivity contribution in [1.29, 1.82) is 0 Å². The molecule has 0 radical (unpaired) electrons. The van der Waals surface area contributed by atoms with Gasteiger partial charge in [0.1, 0.15) is 5.65 Å². The highest BCUT2D eigenvalue weighted by Gasteiger charge is 2.13. The van der Waals surface area contributed by atoms with E-state index in [0.29, 0.717) is 0 Å². The predicted molar refractivity (Wildman–Crippen MR) is 76.7 cm³/mol. The molecular formula is C15H9N5. The molecule has 5 heteroatoms. The zero-order valence-electron chi connectivity index (χ0n) is 10.4. The maximum absolute atomic E-state index is 4.74. The van der Waals surface area contributed by atoms with E-state index in [1.807, 2.05) is 36.8 Å². The number of rotatable bonds is 0. The van der Waals surface area contributed by atoms with Gasteiger partial charge in [0.05, 0.1) is 22.7 Å². The number of hydrogen-bond acceptors (Lipinski definition) is 3. The summed E-state index contributed by atoms with van der Waals surface area (Å²) in [7, 11) is 0. The Bertz CT molecular complexity index is 1100. The second-order valence-electron chi connectivity index (χ2n) is 4.75. The molecule has 5 rings (SSSR count). The summed E-state index contributed by atoms with van der Waals surface area (Å²) in [4.78, 5) is 13.4. The molecule has 0 N–H and O–H groups in total. The summed E-state index contributed by atoms with van der Waals surface area (Å²) in [5.74, 6) is 0.856. The van der Waals surface area contributed by atoms with Gasteiger partial charge in [0.2, 0.25) is 5.78 Å². The van der Waals surface area contributed by atoms with Gasteiger partial charge in [-0.25, -0.2) is 9.97 Å². The summed E-state index contributed by atoms with van der Waals surface area (Å²) in [6, 6.07) is 10.2. The highest BCUT2D eigenvalue weighted by molar-refractivity contribution is 5.98. The van der Waals surface area contributed by atoms with Crippen LogP contribution in [0.1, 0.15) is 0 Å². The van der Waals surface area contributed by atoms with Gasteiger partial charge in [0.15, 0.2) is 0 Å². The first-order valence-electron chi connectivity index (χ1n) is 6.39. The third-order valence-electron chi connectivity index (χ3n) is 3.68. The topological polar surface area (TPSA) is 47.5 Å². The van der Waals surface area contributed by atoms with Gasteiger partial charge in [-0.1, -0.05) is 12.1 Å². The summed E-state index contributed by atoms with van der Waals surface area (Å²) in [6.07, 6.45) is 7.38. The van der Waals surface area contributed by atoms with Crippen LogP contribution in [-0.2, 0) is 0 Å². The van der Waals surface area contributed by atoms with E-state index in [1.54, 1.807) is 6.20 Å². The standard InChI is InChI=1S/C15H9N5/c1-2-4-12-10(3-1)14-18-11-5-6-16-9-13(11)20(14)15-17-7-8-19(12)15/h1-9H. The van der Waals surface area contributed by atoms with E-state index in [9.17, 15) is 0 Å². The molecule has 5 aromatic rings. The van der Waals surface area contributed by atoms with E-state index < -0.39 is 0 Å². The van der Waals surface area contributed by atoms with Crippen molar-refractivity contribution in [2.75, 3.05) is 0 Å². The van der Waals surface area contributed by atoms with Crippen molar-refractivity contribution in [2.45, 2.75) is 0 Å². The fourth-order valence-electron chi connectivity index (χ4n) is 2.83. The molecule has 0 unspecified atom stereocenters. The number of nitrogens with zero attached hydrogens (tertiary/aromatic N) is 5. The molecule has 0 fully saturated rings. The average molecular weight is 259 g/mol. The van der Waals surface area contributed by atoms with E-state index in [-0.39, 0.29) is 0 Å². The van der Waals surface area contributed by atoms with Crippen molar-refractivity contribution in [3.8, 4) is 0 Å². The van der Waals surface area contributed by atoms with Crippen molar-refractivity contribution >= 4 is 33.4 Å². The van der Waals surface area contributed by atoms with Gasteiger partial charge in [0.25, 0.3) is 0 Å². The smallest absolute Gasteiger partial charge is 0.220 e. The molecule has 4 aromatic heterocycles. The number of imidazole rings is 2. The van der Waals surface area contributed by atoms with Gasteiger partial charge in [-0.05, 0) is 18.2 Å². The summed E-state index contributed by atoms with van der Waals surface area (Å²) in [5, 5.41) is 1.11. The summed E-state index contributed by atoms with van der Waals surface area (Å²) in [5.41, 5.74) is 3.93. The fourth-order valence-corrected chi connectivity index (χ4v) is 2.83. The van der Waals surface area contributed by atoms with Crippen LogP contribution < -0.4 is 0 Å². The highest BCUT2D eigenvalue weighted by atomic mass is 15.2. The molecule has 0 aliphatic carbocycles. The second kappa shape index (κ2) is 3.33. The van der Waals surface area contributed by atoms with Crippen molar-refractivity contribution in [3.05, 3.63) is 55.1 Å². The van der Waals surface area contributed by atoms with Gasteiger partial charge in [-0.3, -0.25) is 13.8 Å². The van der Waals surface area contributed by atoms with Crippen molar-refractivity contribution < 1.29 is 0 Å². The van der Waals surface area contributed by atoms with Crippen LogP contribution in [0.3, 0.4) is 0 Å². The first-order valence-corrected chi connectivity index (χ1v) is 6.39. The summed E-state index contributed by atoms with van der Waals surface area (Å²) in [6.45, 7) is 0. The largest absolute Gasteiger partial charge is 0.285 e. The molecule has 20 heavy (non-hydrogen) atoms. The summed E-state index contributed by atoms with van der Waals surface area (Å²) < 4.78 is 4.14. The molecule has 0 aliphatic rings. The van der Waals surface area contributed by atoms with Crippen LogP contribution in [0.2, 0.25) is 0 Å². The van der Waals surface area contributed by atoms with E-state index in [2.05, 4.69) is 30.9 Å². The number of benzene rings is 1. The van der Waals surface area contributed by atoms with E-state index in [0.717, 1.165) is 33.4 Å². The first kappa shape index (κ1) is 9.91. The number of aromatic nitrogens is 5. The minimum Gasteiger partial charge on any atom is -0.285 e. The fraction of sp³-hybridized carbons (Fsp3) is 0. The quantitative estimate of drug-likeness (QED) is 0.429. The highest BCUT2D eigenvalue weighted by Crippen LogP contribution is 2.25. The molecule has 0 saturated carbocycles. The van der Waals surface area contributed by atoms with E-state index >= 15 is 0 Å². The minimum atomic E-state index is 0.856. The molecule has 0 aliphatic heterocycles. The van der Waals surface area contributed by atoms with Crippen LogP contribution in [-0.4, -0.2) is 23.8 Å². The lowest BCUT2D eigenvalue weighted by Crippen LogP contribution is -1.97. The molecule has 0 amide bonds. The Balaban J connectivity index is 2.26. The van der Waals surface area contributed by atoms with Crippen LogP contribution in [0.4, 0.5) is 0 Å². The van der Waals surface area contributed by atoms with Crippen LogP contribution in [0.25, 0.3) is 33.4 Å². The van der Waals surface area contributed by atoms with Gasteiger partial charge >= 0.3 is 0 Å². The average Bonchev–Trinajstić information content (AvgIpc) is 3.11. The van der Waals surface area contributed by atoms with E-state index in [1.165, 1.54) is 0 Å². The molecular weight excluding hydrogens is 250 g/mol. The molecule has 4 heterocycles. The molecule has 5 nitrogen and oxygen atoms in total. The Morgan fingerprint density at radius 2 is 1.90 bits per heavy atom. The maximum Gasteiger partial charge on any atom is 0.220 e. The van der Waals surface area contributed by atoms with Crippen molar-refractivity contribution in [1.82, 2.24) is 23.8 Å². The van der Waals surface area contributed by atoms with Gasteiger partial charge in [-0.15, -0.1) is 0 Å². The van der Waals surface area contributed by atoms with Crippen LogP contribution >= 0.6 is 0 Å². The van der Waals surface area contributed by atoms with Crippen LogP contribution in [0, 0.1) is 0 Å². The molecule has 0 saturated heterocycles. The maximum atomic E-state index is 4.74. The van der Waals surface area contributed by atoms with Crippen LogP contribution in [0.15, 0.2) is 55.1 Å². The normalized spacial score (nSPS) is 12.0. The van der Waals surface area contributed by atoms with Gasteiger partial charge < -0.3 is 0 Å². The van der Waals surface area contributed by atoms with Crippen molar-refractivity contribution in [3.63, 3.8) is 0 Å². The lowest BCUT2D eigenvalue weighted by molar-refractivity contribution is 1.12. The second-order valence-corrected chi connectivity index (χ2v) is 4.75. The molecule has 0 bridgehead atoms. The van der Waals surface area contributed by atoms with Crippen LogP contribution in [0.5, 0.6) is 0 Å². The Morgan fingerprint density at radius 1 is 0.950 bits per heavy atom. The number of hydrogen-bond donors (Lipinski definition) is 0. The third kappa shape index (κ3) is 1.06. The Labute approximate surface area is 113 Å². The Morgan fingerprint density at radius 3 is 2.90 bits per heavy atom.